The highest BCUT2D eigenvalue weighted by Crippen LogP contribution is 2.55. The lowest BCUT2D eigenvalue weighted by atomic mass is 9.86. The third-order valence-electron chi connectivity index (χ3n) is 5.47. The van der Waals surface area contributed by atoms with Gasteiger partial charge in [-0.2, -0.15) is 0 Å². The van der Waals surface area contributed by atoms with E-state index in [4.69, 9.17) is 4.98 Å². The predicted octanol–water partition coefficient (Wildman–Crippen LogP) is 4.04. The molecule has 1 aromatic heterocycles. The van der Waals surface area contributed by atoms with Gasteiger partial charge in [-0.05, 0) is 56.3 Å². The molecule has 2 nitrogen and oxygen atoms in total. The highest BCUT2D eigenvalue weighted by atomic mass is 32.1. The van der Waals surface area contributed by atoms with Gasteiger partial charge in [0.15, 0.2) is 0 Å². The summed E-state index contributed by atoms with van der Waals surface area (Å²) in [5.41, 5.74) is 2.02. The smallest absolute Gasteiger partial charge is 0.114 e. The van der Waals surface area contributed by atoms with Crippen LogP contribution in [-0.2, 0) is 18.4 Å². The van der Waals surface area contributed by atoms with E-state index in [0.29, 0.717) is 11.3 Å². The minimum atomic E-state index is 0.166. The summed E-state index contributed by atoms with van der Waals surface area (Å²) in [5.74, 6) is 0.698. The molecule has 3 aliphatic carbocycles. The van der Waals surface area contributed by atoms with E-state index in [-0.39, 0.29) is 5.54 Å². The number of nitrogens with one attached hydrogen (secondary N) is 1. The summed E-state index contributed by atoms with van der Waals surface area (Å²) in [6, 6.07) is 0.755. The first-order chi connectivity index (χ1) is 9.48. The van der Waals surface area contributed by atoms with Crippen LogP contribution in [0.4, 0.5) is 0 Å². The lowest BCUT2D eigenvalue weighted by Crippen LogP contribution is -2.46. The number of thiazole rings is 1. The molecule has 0 spiro atoms. The van der Waals surface area contributed by atoms with E-state index in [2.05, 4.69) is 26.1 Å². The van der Waals surface area contributed by atoms with Crippen LogP contribution in [0.1, 0.15) is 68.5 Å². The van der Waals surface area contributed by atoms with Crippen LogP contribution in [0.3, 0.4) is 0 Å². The van der Waals surface area contributed by atoms with Gasteiger partial charge in [0.05, 0.1) is 11.2 Å². The van der Waals surface area contributed by atoms with Crippen molar-refractivity contribution in [1.29, 1.82) is 0 Å². The zero-order valence-electron chi connectivity index (χ0n) is 13.0. The second-order valence-electron chi connectivity index (χ2n) is 8.08. The van der Waals surface area contributed by atoms with E-state index in [1.807, 2.05) is 11.3 Å². The number of hydrogen-bond acceptors (Lipinski definition) is 3. The summed E-state index contributed by atoms with van der Waals surface area (Å²) in [5, 5.41) is 5.43. The van der Waals surface area contributed by atoms with E-state index >= 15 is 0 Å². The Labute approximate surface area is 126 Å². The Bertz CT molecular complexity index is 508. The largest absolute Gasteiger partial charge is 0.302 e. The Morgan fingerprint density at radius 2 is 2.05 bits per heavy atom. The maximum absolute atomic E-state index is 5.10. The topological polar surface area (TPSA) is 24.9 Å². The predicted molar refractivity (Wildman–Crippen MR) is 84.2 cm³/mol. The normalized spacial score (nSPS) is 35.5. The summed E-state index contributed by atoms with van der Waals surface area (Å²) in [4.78, 5) is 6.68. The number of nitrogens with zero attached hydrogens (tertiary/aromatic N) is 1. The van der Waals surface area contributed by atoms with Gasteiger partial charge in [-0.25, -0.2) is 4.98 Å². The van der Waals surface area contributed by atoms with Crippen LogP contribution in [-0.4, -0.2) is 11.0 Å². The Kier molecular flexibility index (Phi) is 2.85. The minimum absolute atomic E-state index is 0.166. The molecule has 3 aliphatic rings. The maximum Gasteiger partial charge on any atom is 0.114 e. The Morgan fingerprint density at radius 1 is 1.25 bits per heavy atom. The van der Waals surface area contributed by atoms with Gasteiger partial charge < -0.3 is 5.32 Å². The summed E-state index contributed by atoms with van der Waals surface area (Å²) >= 11 is 2.02. The zero-order valence-corrected chi connectivity index (χ0v) is 13.8. The molecule has 0 radical (unpaired) electrons. The molecule has 2 atom stereocenters. The molecule has 0 bridgehead atoms. The zero-order chi connectivity index (χ0) is 14.0. The molecule has 0 amide bonds. The Balaban J connectivity index is 1.74. The van der Waals surface area contributed by atoms with Gasteiger partial charge in [-0.1, -0.05) is 20.8 Å². The number of rotatable bonds is 3. The summed E-state index contributed by atoms with van der Waals surface area (Å²) in [6.45, 7) is 7.30. The van der Waals surface area contributed by atoms with E-state index < -0.39 is 0 Å². The number of aryl methyl sites for hydroxylation is 2. The van der Waals surface area contributed by atoms with Crippen molar-refractivity contribution in [2.24, 2.45) is 11.3 Å². The molecule has 1 heterocycles. The van der Waals surface area contributed by atoms with Crippen molar-refractivity contribution in [2.75, 3.05) is 0 Å². The number of aromatic nitrogens is 1. The van der Waals surface area contributed by atoms with Crippen molar-refractivity contribution in [2.45, 2.75) is 77.3 Å². The number of hydrogen-bond donors (Lipinski definition) is 1. The fourth-order valence-corrected chi connectivity index (χ4v) is 5.93. The van der Waals surface area contributed by atoms with Gasteiger partial charge in [-0.3, -0.25) is 0 Å². The van der Waals surface area contributed by atoms with Gasteiger partial charge in [0.25, 0.3) is 0 Å². The lowest BCUT2D eigenvalue weighted by molar-refractivity contribution is 0.247. The molecule has 0 saturated heterocycles. The SMILES string of the molecule is CC1CC(C)(C)CC1(NC1CC1)c1nc2c(s1)CCC2. The molecule has 0 aromatic carbocycles. The molecule has 1 aromatic rings. The van der Waals surface area contributed by atoms with Crippen molar-refractivity contribution >= 4 is 11.3 Å². The first-order valence-electron chi connectivity index (χ1n) is 8.25. The van der Waals surface area contributed by atoms with Gasteiger partial charge in [0.2, 0.25) is 0 Å². The van der Waals surface area contributed by atoms with E-state index in [0.717, 1.165) is 6.04 Å². The van der Waals surface area contributed by atoms with Crippen LogP contribution in [0, 0.1) is 11.3 Å². The van der Waals surface area contributed by atoms with Crippen LogP contribution in [0.15, 0.2) is 0 Å². The molecule has 1 N–H and O–H groups in total. The summed E-state index contributed by atoms with van der Waals surface area (Å²) < 4.78 is 0. The van der Waals surface area contributed by atoms with Crippen LogP contribution in [0.5, 0.6) is 0 Å². The monoisotopic (exact) mass is 290 g/mol. The van der Waals surface area contributed by atoms with Gasteiger partial charge in [-0.15, -0.1) is 11.3 Å². The van der Waals surface area contributed by atoms with Crippen LogP contribution in [0.2, 0.25) is 0 Å². The second kappa shape index (κ2) is 4.30. The van der Waals surface area contributed by atoms with Crippen molar-refractivity contribution in [3.05, 3.63) is 15.6 Å². The third kappa shape index (κ3) is 2.05. The van der Waals surface area contributed by atoms with Crippen molar-refractivity contribution in [3.63, 3.8) is 0 Å². The standard InChI is InChI=1S/C17H26N2S/c1-11-9-16(2,3)10-17(11,19-12-7-8-12)15-18-13-5-4-6-14(13)20-15/h11-12,19H,4-10H2,1-3H3. The fraction of sp³-hybridized carbons (Fsp3) is 0.824. The van der Waals surface area contributed by atoms with E-state index in [1.54, 1.807) is 4.88 Å². The minimum Gasteiger partial charge on any atom is -0.302 e. The van der Waals surface area contributed by atoms with E-state index in [9.17, 15) is 0 Å². The van der Waals surface area contributed by atoms with Gasteiger partial charge in [0, 0.05) is 10.9 Å². The number of fused-ring (bicyclic) bond motifs is 1. The second-order valence-corrected chi connectivity index (χ2v) is 9.16. The molecule has 0 aliphatic heterocycles. The molecule has 3 heteroatoms. The van der Waals surface area contributed by atoms with Crippen LogP contribution < -0.4 is 5.32 Å². The molecule has 2 unspecified atom stereocenters. The van der Waals surface area contributed by atoms with Crippen molar-refractivity contribution in [3.8, 4) is 0 Å². The average Bonchev–Trinajstić information content (AvgIpc) is 2.80. The molecule has 20 heavy (non-hydrogen) atoms. The summed E-state index contributed by atoms with van der Waals surface area (Å²) in [7, 11) is 0. The first-order valence-corrected chi connectivity index (χ1v) is 9.07. The molecule has 110 valence electrons. The van der Waals surface area contributed by atoms with Gasteiger partial charge >= 0.3 is 0 Å². The van der Waals surface area contributed by atoms with Crippen molar-refractivity contribution < 1.29 is 0 Å². The van der Waals surface area contributed by atoms with Gasteiger partial charge in [0.1, 0.15) is 5.01 Å². The Hall–Kier alpha value is -0.410. The average molecular weight is 290 g/mol. The van der Waals surface area contributed by atoms with Crippen LogP contribution in [0.25, 0.3) is 0 Å². The molecule has 4 rings (SSSR count). The molecule has 2 fully saturated rings. The first kappa shape index (κ1) is 13.3. The lowest BCUT2D eigenvalue weighted by Gasteiger charge is -2.34. The quantitative estimate of drug-likeness (QED) is 0.909. The van der Waals surface area contributed by atoms with E-state index in [1.165, 1.54) is 55.6 Å². The molecular formula is C17H26N2S. The maximum atomic E-state index is 5.10. The van der Waals surface area contributed by atoms with Crippen molar-refractivity contribution in [1.82, 2.24) is 10.3 Å². The molecular weight excluding hydrogens is 264 g/mol. The Morgan fingerprint density at radius 3 is 2.65 bits per heavy atom. The van der Waals surface area contributed by atoms with Crippen LogP contribution >= 0.6 is 11.3 Å². The third-order valence-corrected chi connectivity index (χ3v) is 6.81. The highest BCUT2D eigenvalue weighted by Gasteiger charge is 2.53. The fourth-order valence-electron chi connectivity index (χ4n) is 4.52. The highest BCUT2D eigenvalue weighted by molar-refractivity contribution is 7.12. The summed E-state index contributed by atoms with van der Waals surface area (Å²) in [6.07, 6.45) is 9.09. The molecule has 2 saturated carbocycles.